The number of hydrogen-bond donors (Lipinski definition) is 1. The fraction of sp³-hybridized carbons (Fsp3) is 0.125. The topological polar surface area (TPSA) is 59.9 Å². The molecule has 2 aromatic carbocycles. The summed E-state index contributed by atoms with van der Waals surface area (Å²) in [5, 5.41) is 3.65. The Labute approximate surface area is 135 Å². The van der Waals surface area contributed by atoms with Crippen molar-refractivity contribution in [2.75, 3.05) is 6.61 Å². The maximum Gasteiger partial charge on any atom is 0.387 e. The minimum atomic E-state index is -2.96. The van der Waals surface area contributed by atoms with Crippen LogP contribution in [0.4, 0.5) is 13.2 Å². The molecule has 0 fully saturated rings. The number of benzene rings is 2. The van der Waals surface area contributed by atoms with Crippen molar-refractivity contribution >= 4 is 12.1 Å². The van der Waals surface area contributed by atoms with Crippen molar-refractivity contribution in [1.82, 2.24) is 5.43 Å². The second-order valence-corrected chi connectivity index (χ2v) is 4.45. The Bertz CT molecular complexity index is 706. The molecule has 126 valence electrons. The number of amides is 1. The van der Waals surface area contributed by atoms with Crippen molar-refractivity contribution in [3.8, 4) is 11.5 Å². The monoisotopic (exact) mass is 338 g/mol. The number of hydrogen-bond acceptors (Lipinski definition) is 4. The second kappa shape index (κ2) is 8.56. The molecule has 0 unspecified atom stereocenters. The van der Waals surface area contributed by atoms with Crippen molar-refractivity contribution in [3.05, 3.63) is 59.9 Å². The standard InChI is InChI=1S/C16H13F3N2O3/c17-12-5-7-13(8-6-12)23-10-15(22)21-20-9-11-3-1-2-4-14(11)24-16(18)19/h1-9,16H,10H2,(H,21,22)/b20-9-. The van der Waals surface area contributed by atoms with Crippen molar-refractivity contribution in [1.29, 1.82) is 0 Å². The van der Waals surface area contributed by atoms with Crippen molar-refractivity contribution in [2.24, 2.45) is 5.10 Å². The van der Waals surface area contributed by atoms with Gasteiger partial charge in [-0.2, -0.15) is 13.9 Å². The van der Waals surface area contributed by atoms with Crippen LogP contribution >= 0.6 is 0 Å². The van der Waals surface area contributed by atoms with E-state index in [1.54, 1.807) is 6.07 Å². The van der Waals surface area contributed by atoms with E-state index in [1.165, 1.54) is 48.7 Å². The number of hydrazone groups is 1. The molecule has 0 atom stereocenters. The van der Waals surface area contributed by atoms with Gasteiger partial charge in [-0.3, -0.25) is 4.79 Å². The van der Waals surface area contributed by atoms with Crippen LogP contribution in [0.3, 0.4) is 0 Å². The number of carbonyl (C=O) groups excluding carboxylic acids is 1. The van der Waals surface area contributed by atoms with Crippen LogP contribution in [0.1, 0.15) is 5.56 Å². The summed E-state index contributed by atoms with van der Waals surface area (Å²) in [6.45, 7) is -3.30. The van der Waals surface area contributed by atoms with Gasteiger partial charge in [0, 0.05) is 5.56 Å². The van der Waals surface area contributed by atoms with Gasteiger partial charge in [0.2, 0.25) is 0 Å². The molecule has 0 aliphatic carbocycles. The molecule has 0 saturated heterocycles. The third kappa shape index (κ3) is 5.64. The summed E-state index contributed by atoms with van der Waals surface area (Å²) in [6.07, 6.45) is 1.17. The molecule has 0 aromatic heterocycles. The average Bonchev–Trinajstić information content (AvgIpc) is 2.55. The van der Waals surface area contributed by atoms with Crippen LogP contribution in [0, 0.1) is 5.82 Å². The van der Waals surface area contributed by atoms with Crippen LogP contribution in [0.25, 0.3) is 0 Å². The van der Waals surface area contributed by atoms with Gasteiger partial charge in [0.15, 0.2) is 6.61 Å². The summed E-state index contributed by atoms with van der Waals surface area (Å²) in [5.74, 6) is -0.719. The highest BCUT2D eigenvalue weighted by Gasteiger charge is 2.07. The van der Waals surface area contributed by atoms with Crippen molar-refractivity contribution in [2.45, 2.75) is 6.61 Å². The number of ether oxygens (including phenoxy) is 2. The highest BCUT2D eigenvalue weighted by atomic mass is 19.3. The Kier molecular flexibility index (Phi) is 6.18. The minimum absolute atomic E-state index is 0.0620. The summed E-state index contributed by atoms with van der Waals surface area (Å²) in [5.41, 5.74) is 2.46. The van der Waals surface area contributed by atoms with E-state index < -0.39 is 18.3 Å². The Morgan fingerprint density at radius 3 is 2.58 bits per heavy atom. The lowest BCUT2D eigenvalue weighted by molar-refractivity contribution is -0.123. The molecule has 0 radical (unpaired) electrons. The molecule has 1 amide bonds. The zero-order valence-electron chi connectivity index (χ0n) is 12.3. The van der Waals surface area contributed by atoms with Gasteiger partial charge in [-0.05, 0) is 36.4 Å². The first kappa shape index (κ1) is 17.3. The molecule has 5 nitrogen and oxygen atoms in total. The van der Waals surface area contributed by atoms with Gasteiger partial charge >= 0.3 is 6.61 Å². The molecule has 24 heavy (non-hydrogen) atoms. The molecule has 0 spiro atoms. The molecular weight excluding hydrogens is 325 g/mol. The van der Waals surface area contributed by atoms with E-state index >= 15 is 0 Å². The lowest BCUT2D eigenvalue weighted by Gasteiger charge is -2.07. The maximum absolute atomic E-state index is 12.7. The zero-order valence-corrected chi connectivity index (χ0v) is 12.3. The highest BCUT2D eigenvalue weighted by Crippen LogP contribution is 2.18. The number of halogens is 3. The van der Waals surface area contributed by atoms with Crippen molar-refractivity contribution in [3.63, 3.8) is 0 Å². The molecular formula is C16H13F3N2O3. The van der Waals surface area contributed by atoms with E-state index in [9.17, 15) is 18.0 Å². The van der Waals surface area contributed by atoms with Gasteiger partial charge in [0.25, 0.3) is 5.91 Å². The normalized spacial score (nSPS) is 10.8. The van der Waals surface area contributed by atoms with E-state index in [0.29, 0.717) is 5.75 Å². The summed E-state index contributed by atoms with van der Waals surface area (Å²) < 4.78 is 46.7. The van der Waals surface area contributed by atoms with E-state index in [4.69, 9.17) is 4.74 Å². The van der Waals surface area contributed by atoms with Crippen LogP contribution in [-0.2, 0) is 4.79 Å². The van der Waals surface area contributed by atoms with Gasteiger partial charge in [0.1, 0.15) is 17.3 Å². The lowest BCUT2D eigenvalue weighted by atomic mass is 10.2. The largest absolute Gasteiger partial charge is 0.484 e. The smallest absolute Gasteiger partial charge is 0.387 e. The number of nitrogens with one attached hydrogen (secondary N) is 1. The van der Waals surface area contributed by atoms with Crippen LogP contribution < -0.4 is 14.9 Å². The first-order valence-corrected chi connectivity index (χ1v) is 6.78. The van der Waals surface area contributed by atoms with Gasteiger partial charge < -0.3 is 9.47 Å². The average molecular weight is 338 g/mol. The van der Waals surface area contributed by atoms with Gasteiger partial charge in [0.05, 0.1) is 6.21 Å². The lowest BCUT2D eigenvalue weighted by Crippen LogP contribution is -2.24. The first-order valence-electron chi connectivity index (χ1n) is 6.78. The van der Waals surface area contributed by atoms with E-state index in [1.807, 2.05) is 0 Å². The number of carbonyl (C=O) groups is 1. The van der Waals surface area contributed by atoms with Gasteiger partial charge in [-0.25, -0.2) is 9.82 Å². The summed E-state index contributed by atoms with van der Waals surface area (Å²) in [6, 6.07) is 11.2. The van der Waals surface area contributed by atoms with Crippen LogP contribution in [0.2, 0.25) is 0 Å². The van der Waals surface area contributed by atoms with E-state index in [2.05, 4.69) is 15.3 Å². The molecule has 0 bridgehead atoms. The Hall–Kier alpha value is -3.03. The number of rotatable bonds is 7. The molecule has 0 aliphatic rings. The van der Waals surface area contributed by atoms with Crippen molar-refractivity contribution < 1.29 is 27.4 Å². The van der Waals surface area contributed by atoms with Crippen LogP contribution in [0.15, 0.2) is 53.6 Å². The number of alkyl halides is 2. The fourth-order valence-electron chi connectivity index (χ4n) is 1.68. The quantitative estimate of drug-likeness (QED) is 0.624. The van der Waals surface area contributed by atoms with Gasteiger partial charge in [-0.1, -0.05) is 12.1 Å². The minimum Gasteiger partial charge on any atom is -0.484 e. The summed E-state index contributed by atoms with van der Waals surface area (Å²) >= 11 is 0. The van der Waals surface area contributed by atoms with E-state index in [-0.39, 0.29) is 17.9 Å². The number of nitrogens with zero attached hydrogens (tertiary/aromatic N) is 1. The Morgan fingerprint density at radius 1 is 1.17 bits per heavy atom. The maximum atomic E-state index is 12.7. The number of para-hydroxylation sites is 1. The molecule has 0 heterocycles. The summed E-state index contributed by atoms with van der Waals surface area (Å²) in [7, 11) is 0. The van der Waals surface area contributed by atoms with Crippen LogP contribution in [-0.4, -0.2) is 25.3 Å². The van der Waals surface area contributed by atoms with E-state index in [0.717, 1.165) is 0 Å². The highest BCUT2D eigenvalue weighted by molar-refractivity contribution is 5.85. The molecule has 1 N–H and O–H groups in total. The first-order chi connectivity index (χ1) is 11.5. The molecule has 8 heteroatoms. The third-order valence-corrected chi connectivity index (χ3v) is 2.71. The zero-order chi connectivity index (χ0) is 17.4. The molecule has 0 saturated carbocycles. The van der Waals surface area contributed by atoms with Crippen LogP contribution in [0.5, 0.6) is 11.5 Å². The molecule has 2 aromatic rings. The predicted octanol–water partition coefficient (Wildman–Crippen LogP) is 2.96. The fourth-order valence-corrected chi connectivity index (χ4v) is 1.68. The third-order valence-electron chi connectivity index (χ3n) is 2.71. The molecule has 0 aliphatic heterocycles. The predicted molar refractivity (Wildman–Crippen MR) is 80.7 cm³/mol. The molecule has 2 rings (SSSR count). The van der Waals surface area contributed by atoms with Gasteiger partial charge in [-0.15, -0.1) is 0 Å². The Morgan fingerprint density at radius 2 is 1.88 bits per heavy atom. The summed E-state index contributed by atoms with van der Waals surface area (Å²) in [4.78, 5) is 11.6. The SMILES string of the molecule is O=C(COc1ccc(F)cc1)N/N=C\c1ccccc1OC(F)F. The second-order valence-electron chi connectivity index (χ2n) is 4.45. The Balaban J connectivity index is 1.85.